The van der Waals surface area contributed by atoms with Crippen LogP contribution in [0.3, 0.4) is 0 Å². The van der Waals surface area contributed by atoms with E-state index in [2.05, 4.69) is 10.6 Å². The average molecular weight is 623 g/mol. The van der Waals surface area contributed by atoms with Crippen molar-refractivity contribution >= 4 is 17.8 Å². The number of hydrogen-bond acceptors (Lipinski definition) is 6. The quantitative estimate of drug-likeness (QED) is 0.423. The van der Waals surface area contributed by atoms with Crippen molar-refractivity contribution < 1.29 is 41.1 Å². The fourth-order valence-electron chi connectivity index (χ4n) is 6.20. The Morgan fingerprint density at radius 1 is 1.09 bits per heavy atom. The van der Waals surface area contributed by atoms with Crippen molar-refractivity contribution in [3.05, 3.63) is 59.4 Å². The summed E-state index contributed by atoms with van der Waals surface area (Å²) in [5, 5.41) is 5.35. The van der Waals surface area contributed by atoms with Gasteiger partial charge in [-0.2, -0.15) is 13.2 Å². The number of carbonyl (C=O) groups is 3. The number of ketones is 1. The van der Waals surface area contributed by atoms with E-state index in [1.807, 2.05) is 13.0 Å². The summed E-state index contributed by atoms with van der Waals surface area (Å²) in [6.07, 6.45) is -6.83. The van der Waals surface area contributed by atoms with Crippen LogP contribution in [0.15, 0.2) is 42.5 Å². The SMILES string of the molecule is CCOC(=O)N1CCNCC1(C(=O)C(F)(F)F)N1CC(F)CC1C(=O)NCc1ccc(-c2ccc(C3(C)CC3)c(F)c2)cc1. The summed E-state index contributed by atoms with van der Waals surface area (Å²) >= 11 is 0. The van der Waals surface area contributed by atoms with Gasteiger partial charge in [-0.05, 0) is 53.5 Å². The Labute approximate surface area is 251 Å². The molecular weight excluding hydrogens is 587 g/mol. The number of rotatable bonds is 8. The van der Waals surface area contributed by atoms with Crippen molar-refractivity contribution in [3.63, 3.8) is 0 Å². The third-order valence-corrected chi connectivity index (χ3v) is 8.84. The van der Waals surface area contributed by atoms with Crippen LogP contribution in [0, 0.1) is 5.82 Å². The molecule has 3 atom stereocenters. The standard InChI is InChI=1S/C31H35F5N4O4/c1-3-44-28(43)39-13-12-37-18-30(39,27(42)31(34,35)36)40-17-22(32)15-25(40)26(41)38-16-19-4-6-20(7-5-19)21-8-9-23(24(33)14-21)29(2)10-11-29/h4-9,14,22,25,37H,3,10-13,15-18H2,1-2H3,(H,38,41). The third kappa shape index (κ3) is 6.03. The van der Waals surface area contributed by atoms with Gasteiger partial charge in [0.15, 0.2) is 5.66 Å². The molecule has 8 nitrogen and oxygen atoms in total. The number of piperazine rings is 1. The van der Waals surface area contributed by atoms with Crippen molar-refractivity contribution in [1.29, 1.82) is 0 Å². The first-order valence-electron chi connectivity index (χ1n) is 14.6. The number of likely N-dealkylation sites (tertiary alicyclic amines) is 1. The molecule has 44 heavy (non-hydrogen) atoms. The summed E-state index contributed by atoms with van der Waals surface area (Å²) in [6, 6.07) is 10.6. The maximum absolute atomic E-state index is 14.8. The van der Waals surface area contributed by atoms with Crippen molar-refractivity contribution in [2.75, 3.05) is 32.8 Å². The van der Waals surface area contributed by atoms with E-state index in [1.165, 1.54) is 13.0 Å². The summed E-state index contributed by atoms with van der Waals surface area (Å²) in [5.74, 6) is -3.34. The first-order valence-corrected chi connectivity index (χ1v) is 14.6. The maximum Gasteiger partial charge on any atom is 0.454 e. The van der Waals surface area contributed by atoms with Gasteiger partial charge in [0.2, 0.25) is 5.91 Å². The van der Waals surface area contributed by atoms with Gasteiger partial charge in [-0.3, -0.25) is 19.4 Å². The Hall–Kier alpha value is -3.58. The molecule has 2 heterocycles. The second-order valence-corrected chi connectivity index (χ2v) is 11.8. The molecule has 1 saturated carbocycles. The monoisotopic (exact) mass is 622 g/mol. The first-order chi connectivity index (χ1) is 20.8. The Kier molecular flexibility index (Phi) is 8.74. The molecule has 238 valence electrons. The van der Waals surface area contributed by atoms with Crippen LogP contribution in [-0.4, -0.2) is 84.4 Å². The predicted octanol–water partition coefficient (Wildman–Crippen LogP) is 4.46. The first kappa shape index (κ1) is 31.8. The Balaban J connectivity index is 1.33. The van der Waals surface area contributed by atoms with Crippen molar-refractivity contribution in [2.24, 2.45) is 0 Å². The Morgan fingerprint density at radius 2 is 1.77 bits per heavy atom. The molecular formula is C31H35F5N4O4. The molecule has 2 N–H and O–H groups in total. The van der Waals surface area contributed by atoms with Crippen molar-refractivity contribution in [2.45, 2.75) is 69.1 Å². The fourth-order valence-corrected chi connectivity index (χ4v) is 6.20. The molecule has 0 aromatic heterocycles. The minimum absolute atomic E-state index is 0.0356. The zero-order chi connectivity index (χ0) is 31.9. The number of hydrogen-bond donors (Lipinski definition) is 2. The number of carbonyl (C=O) groups excluding carboxylic acids is 3. The van der Waals surface area contributed by atoms with Crippen LogP contribution in [0.25, 0.3) is 11.1 Å². The highest BCUT2D eigenvalue weighted by atomic mass is 19.4. The predicted molar refractivity (Wildman–Crippen MR) is 151 cm³/mol. The van der Waals surface area contributed by atoms with Crippen LogP contribution in [-0.2, 0) is 26.3 Å². The zero-order valence-corrected chi connectivity index (χ0v) is 24.5. The second kappa shape index (κ2) is 12.1. The lowest BCUT2D eigenvalue weighted by Crippen LogP contribution is -2.77. The van der Waals surface area contributed by atoms with E-state index in [0.717, 1.165) is 23.3 Å². The van der Waals surface area contributed by atoms with Crippen molar-refractivity contribution in [3.8, 4) is 11.1 Å². The number of benzene rings is 2. The molecule has 0 radical (unpaired) electrons. The lowest BCUT2D eigenvalue weighted by atomic mass is 9.94. The van der Waals surface area contributed by atoms with Crippen LogP contribution in [0.4, 0.5) is 26.7 Å². The van der Waals surface area contributed by atoms with Crippen LogP contribution in [0.5, 0.6) is 0 Å². The van der Waals surface area contributed by atoms with E-state index in [4.69, 9.17) is 4.74 Å². The highest BCUT2D eigenvalue weighted by Gasteiger charge is 2.65. The number of halogens is 5. The number of nitrogens with one attached hydrogen (secondary N) is 2. The summed E-state index contributed by atoms with van der Waals surface area (Å²) in [4.78, 5) is 40.7. The largest absolute Gasteiger partial charge is 0.454 e. The minimum Gasteiger partial charge on any atom is -0.450 e. The van der Waals surface area contributed by atoms with Crippen molar-refractivity contribution in [1.82, 2.24) is 20.4 Å². The van der Waals surface area contributed by atoms with E-state index < -0.39 is 61.3 Å². The van der Waals surface area contributed by atoms with Gasteiger partial charge >= 0.3 is 12.3 Å². The van der Waals surface area contributed by atoms with Gasteiger partial charge in [-0.1, -0.05) is 43.3 Å². The summed E-state index contributed by atoms with van der Waals surface area (Å²) in [7, 11) is 0. The molecule has 0 bridgehead atoms. The molecule has 13 heteroatoms. The van der Waals surface area contributed by atoms with Gasteiger partial charge in [-0.15, -0.1) is 0 Å². The van der Waals surface area contributed by atoms with Gasteiger partial charge in [0, 0.05) is 39.1 Å². The molecule has 3 unspecified atom stereocenters. The summed E-state index contributed by atoms with van der Waals surface area (Å²) in [5.41, 5.74) is -0.0374. The Bertz CT molecular complexity index is 1410. The van der Waals surface area contributed by atoms with Crippen LogP contribution in [0.1, 0.15) is 44.2 Å². The fraction of sp³-hybridized carbons (Fsp3) is 0.516. The molecule has 5 rings (SSSR count). The van der Waals surface area contributed by atoms with Gasteiger partial charge in [0.1, 0.15) is 12.0 Å². The molecule has 2 aromatic carbocycles. The number of alkyl halides is 4. The van der Waals surface area contributed by atoms with Gasteiger partial charge < -0.3 is 15.4 Å². The Morgan fingerprint density at radius 3 is 2.39 bits per heavy atom. The summed E-state index contributed by atoms with van der Waals surface area (Å²) < 4.78 is 76.6. The second-order valence-electron chi connectivity index (χ2n) is 11.8. The van der Waals surface area contributed by atoms with Crippen LogP contribution < -0.4 is 10.6 Å². The normalized spacial score (nSPS) is 25.0. The highest BCUT2D eigenvalue weighted by Crippen LogP contribution is 2.48. The van der Waals surface area contributed by atoms with Gasteiger partial charge in [0.05, 0.1) is 12.6 Å². The molecule has 1 aliphatic carbocycles. The molecule has 0 spiro atoms. The van der Waals surface area contributed by atoms with Gasteiger partial charge in [-0.25, -0.2) is 13.6 Å². The zero-order valence-electron chi connectivity index (χ0n) is 24.5. The van der Waals surface area contributed by atoms with E-state index in [1.54, 1.807) is 30.3 Å². The number of amides is 2. The molecule has 3 aliphatic rings. The average Bonchev–Trinajstić information content (AvgIpc) is 3.61. The molecule has 2 aromatic rings. The minimum atomic E-state index is -5.39. The molecule has 2 aliphatic heterocycles. The number of Topliss-reactive ketones (excluding diaryl/α,β-unsaturated/α-hetero) is 1. The smallest absolute Gasteiger partial charge is 0.450 e. The number of nitrogens with zero attached hydrogens (tertiary/aromatic N) is 2. The molecule has 3 fully saturated rings. The lowest BCUT2D eigenvalue weighted by Gasteiger charge is -2.51. The van der Waals surface area contributed by atoms with E-state index >= 15 is 0 Å². The summed E-state index contributed by atoms with van der Waals surface area (Å²) in [6.45, 7) is 1.72. The van der Waals surface area contributed by atoms with E-state index in [-0.39, 0.29) is 37.5 Å². The topological polar surface area (TPSA) is 91.0 Å². The maximum atomic E-state index is 14.8. The van der Waals surface area contributed by atoms with E-state index in [9.17, 15) is 36.3 Å². The third-order valence-electron chi connectivity index (χ3n) is 8.84. The van der Waals surface area contributed by atoms with Gasteiger partial charge in [0.25, 0.3) is 5.78 Å². The lowest BCUT2D eigenvalue weighted by molar-refractivity contribution is -0.198. The van der Waals surface area contributed by atoms with E-state index in [0.29, 0.717) is 21.6 Å². The molecule has 2 amide bonds. The van der Waals surface area contributed by atoms with Crippen LogP contribution in [0.2, 0.25) is 0 Å². The molecule has 2 saturated heterocycles. The van der Waals surface area contributed by atoms with Crippen LogP contribution >= 0.6 is 0 Å². The number of ether oxygens (including phenoxy) is 1. The highest BCUT2D eigenvalue weighted by molar-refractivity contribution is 5.97.